The van der Waals surface area contributed by atoms with Gasteiger partial charge in [-0.25, -0.2) is 0 Å². The van der Waals surface area contributed by atoms with Crippen LogP contribution >= 0.6 is 11.6 Å². The number of hydrogen-bond acceptors (Lipinski definition) is 4. The molecule has 0 spiro atoms. The van der Waals surface area contributed by atoms with Gasteiger partial charge in [0, 0.05) is 35.9 Å². The first-order valence-electron chi connectivity index (χ1n) is 10.3. The Bertz CT molecular complexity index is 944. The second-order valence-electron chi connectivity index (χ2n) is 7.96. The summed E-state index contributed by atoms with van der Waals surface area (Å²) >= 11 is 6.31. The van der Waals surface area contributed by atoms with Crippen LogP contribution in [0, 0.1) is 0 Å². The summed E-state index contributed by atoms with van der Waals surface area (Å²) in [6.07, 6.45) is 6.27. The number of aryl methyl sites for hydroxylation is 2. The molecular weight excluding hydrogens is 384 g/mol. The average molecular weight is 411 g/mol. The Balaban J connectivity index is 1.67. The predicted molar refractivity (Wildman–Crippen MR) is 116 cm³/mol. The number of piperidine rings is 1. The molecule has 4 nitrogen and oxygen atoms in total. The summed E-state index contributed by atoms with van der Waals surface area (Å²) in [6.45, 7) is 4.00. The molecule has 1 aromatic heterocycles. The van der Waals surface area contributed by atoms with Crippen LogP contribution in [-0.2, 0) is 22.4 Å². The van der Waals surface area contributed by atoms with Crippen molar-refractivity contribution in [2.24, 2.45) is 0 Å². The molecule has 0 bridgehead atoms. The monoisotopic (exact) mass is 410 g/mol. The summed E-state index contributed by atoms with van der Waals surface area (Å²) in [5.41, 5.74) is 7.77. The highest BCUT2D eigenvalue weighted by atomic mass is 35.5. The van der Waals surface area contributed by atoms with Crippen LogP contribution in [0.1, 0.15) is 48.6 Å². The lowest BCUT2D eigenvalue weighted by Gasteiger charge is -2.34. The molecule has 0 saturated carbocycles. The molecular formula is C24H27ClN2O2. The number of likely N-dealkylation sites (tertiary alicyclic amines) is 1. The highest BCUT2D eigenvalue weighted by Crippen LogP contribution is 2.38. The number of fused-ring (bicyclic) bond motifs is 2. The van der Waals surface area contributed by atoms with Gasteiger partial charge in [-0.1, -0.05) is 29.3 Å². The third-order valence-corrected chi connectivity index (χ3v) is 6.43. The molecule has 0 radical (unpaired) electrons. The first-order valence-corrected chi connectivity index (χ1v) is 10.7. The molecule has 152 valence electrons. The molecule has 0 amide bonds. The van der Waals surface area contributed by atoms with Gasteiger partial charge in [-0.05, 0) is 67.5 Å². The van der Waals surface area contributed by atoms with Gasteiger partial charge in [0.15, 0.2) is 0 Å². The van der Waals surface area contributed by atoms with Gasteiger partial charge >= 0.3 is 5.97 Å². The predicted octanol–water partition coefficient (Wildman–Crippen LogP) is 4.68. The number of benzene rings is 1. The molecule has 0 N–H and O–H groups in total. The van der Waals surface area contributed by atoms with E-state index in [2.05, 4.69) is 30.0 Å². The van der Waals surface area contributed by atoms with Crippen molar-refractivity contribution in [3.63, 3.8) is 0 Å². The average Bonchev–Trinajstić information content (AvgIpc) is 2.90. The third-order valence-electron chi connectivity index (χ3n) is 6.20. The van der Waals surface area contributed by atoms with E-state index in [0.717, 1.165) is 49.5 Å². The molecule has 1 saturated heterocycles. The van der Waals surface area contributed by atoms with E-state index in [-0.39, 0.29) is 12.0 Å². The van der Waals surface area contributed by atoms with Crippen LogP contribution in [0.25, 0.3) is 5.57 Å². The molecule has 5 heteroatoms. The smallest absolute Gasteiger partial charge is 0.307 e. The minimum Gasteiger partial charge on any atom is -0.469 e. The Morgan fingerprint density at radius 2 is 1.93 bits per heavy atom. The highest BCUT2D eigenvalue weighted by Gasteiger charge is 2.27. The molecule has 0 unspecified atom stereocenters. The lowest BCUT2D eigenvalue weighted by molar-refractivity contribution is -0.141. The number of pyridine rings is 1. The minimum absolute atomic E-state index is 0.144. The van der Waals surface area contributed by atoms with Gasteiger partial charge in [-0.2, -0.15) is 0 Å². The minimum atomic E-state index is -0.144. The topological polar surface area (TPSA) is 42.4 Å². The van der Waals surface area contributed by atoms with Gasteiger partial charge in [-0.15, -0.1) is 0 Å². The van der Waals surface area contributed by atoms with Gasteiger partial charge in [0.2, 0.25) is 0 Å². The number of methoxy groups -OCH3 is 1. The molecule has 2 heterocycles. The zero-order chi connectivity index (χ0) is 20.4. The van der Waals surface area contributed by atoms with Crippen molar-refractivity contribution in [3.05, 3.63) is 69.5 Å². The fourth-order valence-corrected chi connectivity index (χ4v) is 4.77. The van der Waals surface area contributed by atoms with Crippen molar-refractivity contribution in [1.82, 2.24) is 9.88 Å². The number of carbonyl (C=O) groups excluding carboxylic acids is 1. The summed E-state index contributed by atoms with van der Waals surface area (Å²) in [5, 5.41) is 0.790. The maximum absolute atomic E-state index is 11.6. The lowest BCUT2D eigenvalue weighted by atomic mass is 9.88. The molecule has 1 aromatic carbocycles. The first-order chi connectivity index (χ1) is 14.1. The van der Waals surface area contributed by atoms with E-state index in [0.29, 0.717) is 6.42 Å². The van der Waals surface area contributed by atoms with Crippen molar-refractivity contribution in [1.29, 1.82) is 0 Å². The summed E-state index contributed by atoms with van der Waals surface area (Å²) in [5.74, 6) is -0.144. The van der Waals surface area contributed by atoms with Gasteiger partial charge in [0.05, 0.1) is 19.2 Å². The molecule has 1 aliphatic heterocycles. The number of rotatable bonds is 3. The van der Waals surface area contributed by atoms with Gasteiger partial charge in [0.25, 0.3) is 0 Å². The number of ether oxygens (including phenoxy) is 1. The van der Waals surface area contributed by atoms with Gasteiger partial charge in [0.1, 0.15) is 0 Å². The largest absolute Gasteiger partial charge is 0.469 e. The van der Waals surface area contributed by atoms with Gasteiger partial charge < -0.3 is 4.74 Å². The molecule has 2 aromatic rings. The van der Waals surface area contributed by atoms with Crippen LogP contribution in [0.15, 0.2) is 42.1 Å². The van der Waals surface area contributed by atoms with Crippen molar-refractivity contribution in [2.45, 2.75) is 45.1 Å². The van der Waals surface area contributed by atoms with E-state index in [1.165, 1.54) is 34.9 Å². The maximum atomic E-state index is 11.6. The number of aromatic nitrogens is 1. The van der Waals surface area contributed by atoms with Crippen LogP contribution in [-0.4, -0.2) is 42.1 Å². The maximum Gasteiger partial charge on any atom is 0.307 e. The van der Waals surface area contributed by atoms with Crippen molar-refractivity contribution in [3.8, 4) is 0 Å². The Morgan fingerprint density at radius 3 is 2.69 bits per heavy atom. The third kappa shape index (κ3) is 4.24. The normalized spacial score (nSPS) is 17.9. The SMILES string of the molecule is COC(=O)C[C@@H](C)N1CCC(=C2c3ccc(Cl)cc3CCc3cccnc32)CC1. The van der Waals surface area contributed by atoms with Crippen LogP contribution in [0.3, 0.4) is 0 Å². The quantitative estimate of drug-likeness (QED) is 0.689. The second-order valence-corrected chi connectivity index (χ2v) is 8.39. The van der Waals surface area contributed by atoms with Crippen LogP contribution in [0.5, 0.6) is 0 Å². The number of carbonyl (C=O) groups is 1. The molecule has 29 heavy (non-hydrogen) atoms. The van der Waals surface area contributed by atoms with Crippen LogP contribution in [0.2, 0.25) is 5.02 Å². The zero-order valence-corrected chi connectivity index (χ0v) is 17.8. The Hall–Kier alpha value is -2.17. The lowest BCUT2D eigenvalue weighted by Crippen LogP contribution is -2.39. The van der Waals surface area contributed by atoms with E-state index in [1.807, 2.05) is 18.3 Å². The van der Waals surface area contributed by atoms with E-state index in [4.69, 9.17) is 21.3 Å². The molecule has 1 fully saturated rings. The number of esters is 1. The van der Waals surface area contributed by atoms with E-state index in [9.17, 15) is 4.79 Å². The zero-order valence-electron chi connectivity index (χ0n) is 17.1. The molecule has 1 atom stereocenters. The fraction of sp³-hybridized carbons (Fsp3) is 0.417. The number of hydrogen-bond donors (Lipinski definition) is 0. The number of halogens is 1. The van der Waals surface area contributed by atoms with Gasteiger partial charge in [-0.3, -0.25) is 14.7 Å². The summed E-state index contributed by atoms with van der Waals surface area (Å²) in [4.78, 5) is 18.8. The Labute approximate surface area is 177 Å². The summed E-state index contributed by atoms with van der Waals surface area (Å²) in [7, 11) is 1.45. The van der Waals surface area contributed by atoms with E-state index < -0.39 is 0 Å². The highest BCUT2D eigenvalue weighted by molar-refractivity contribution is 6.30. The number of nitrogens with zero attached hydrogens (tertiary/aromatic N) is 2. The fourth-order valence-electron chi connectivity index (χ4n) is 4.57. The molecule has 2 aliphatic rings. The van der Waals surface area contributed by atoms with Crippen molar-refractivity contribution >= 4 is 23.1 Å². The summed E-state index contributed by atoms with van der Waals surface area (Å²) in [6, 6.07) is 10.7. The summed E-state index contributed by atoms with van der Waals surface area (Å²) < 4.78 is 4.84. The molecule has 1 aliphatic carbocycles. The molecule has 4 rings (SSSR count). The first kappa shape index (κ1) is 20.1. The van der Waals surface area contributed by atoms with Crippen LogP contribution < -0.4 is 0 Å². The van der Waals surface area contributed by atoms with E-state index >= 15 is 0 Å². The van der Waals surface area contributed by atoms with Crippen LogP contribution in [0.4, 0.5) is 0 Å². The van der Waals surface area contributed by atoms with Crippen molar-refractivity contribution in [2.75, 3.05) is 20.2 Å². The van der Waals surface area contributed by atoms with Crippen molar-refractivity contribution < 1.29 is 9.53 Å². The van der Waals surface area contributed by atoms with E-state index in [1.54, 1.807) is 0 Å². The second kappa shape index (κ2) is 8.68. The Kier molecular flexibility index (Phi) is 6.02. The standard InChI is InChI=1S/C24H27ClN2O2/c1-16(14-22(28)29-2)27-12-9-17(10-13-27)23-21-8-7-20(25)15-19(21)6-5-18-4-3-11-26-24(18)23/h3-4,7-8,11,15-16H,5-6,9-10,12-14H2,1-2H3/t16-/m1/s1. The Morgan fingerprint density at radius 1 is 1.17 bits per heavy atom.